The molecule has 0 heterocycles. The monoisotopic (exact) mass is 154 g/mol. The average Bonchev–Trinajstić information content (AvgIpc) is 0.722. The van der Waals surface area contributed by atoms with E-state index in [2.05, 4.69) is 0 Å². The Kier molecular flexibility index (Phi) is 13.2. The van der Waals surface area contributed by atoms with Gasteiger partial charge in [-0.1, -0.05) is 0 Å². The molecule has 0 aromatic carbocycles. The van der Waals surface area contributed by atoms with Gasteiger partial charge in [0.1, 0.15) is 0 Å². The van der Waals surface area contributed by atoms with Crippen LogP contribution < -0.4 is 6.15 Å². The topological polar surface area (TPSA) is 113 Å². The molecule has 0 aliphatic heterocycles. The van der Waals surface area contributed by atoms with Crippen molar-refractivity contribution in [2.45, 2.75) is 0 Å². The summed E-state index contributed by atoms with van der Waals surface area (Å²) < 4.78 is 8.88. The van der Waals surface area contributed by atoms with E-state index in [1.165, 1.54) is 0 Å². The Morgan fingerprint density at radius 1 is 1.14 bits per heavy atom. The van der Waals surface area contributed by atoms with Gasteiger partial charge in [0.2, 0.25) is 0 Å². The van der Waals surface area contributed by atoms with E-state index in [4.69, 9.17) is 19.2 Å². The second-order valence-corrected chi connectivity index (χ2v) is 1.54. The molecule has 0 amide bonds. The Morgan fingerprint density at radius 3 is 1.14 bits per heavy atom. The minimum atomic E-state index is -4.64. The van der Waals surface area contributed by atoms with E-state index in [9.17, 15) is 0 Å². The van der Waals surface area contributed by atoms with Crippen molar-refractivity contribution in [1.29, 1.82) is 0 Å². The van der Waals surface area contributed by atoms with Gasteiger partial charge in [-0.15, -0.1) is 0 Å². The summed E-state index contributed by atoms with van der Waals surface area (Å²) in [6.07, 6.45) is 0. The maximum atomic E-state index is 8.88. The van der Waals surface area contributed by atoms with E-state index >= 15 is 0 Å². The maximum Gasteiger partial charge on any atom is 0.466 e. The van der Waals surface area contributed by atoms with Gasteiger partial charge in [0.15, 0.2) is 0 Å². The van der Waals surface area contributed by atoms with Crippen LogP contribution in [0.2, 0.25) is 0 Å². The molecule has 5 nitrogen and oxygen atoms in total. The molecule has 0 saturated heterocycles. The Bertz CT molecular complexity index is 57.8. The van der Waals surface area contributed by atoms with Crippen LogP contribution >= 0.6 is 7.82 Å². The third-order valence-corrected chi connectivity index (χ3v) is 0. The standard InChI is InChI=1S/K.H3N.H3O4P/c;;1-5(2,3)4/h;1H3;(H3,1,2,3,4). The molecule has 0 unspecified atom stereocenters. The van der Waals surface area contributed by atoms with Gasteiger partial charge < -0.3 is 20.8 Å². The van der Waals surface area contributed by atoms with Gasteiger partial charge in [-0.25, -0.2) is 4.57 Å². The van der Waals surface area contributed by atoms with Gasteiger partial charge in [-0.05, 0) is 0 Å². The average molecular weight is 154 g/mol. The largest absolute Gasteiger partial charge is 0.466 e. The fourth-order valence-electron chi connectivity index (χ4n) is 0. The summed E-state index contributed by atoms with van der Waals surface area (Å²) in [6.45, 7) is 0. The van der Waals surface area contributed by atoms with Crippen LogP contribution in [0.25, 0.3) is 0 Å². The molecule has 0 atom stereocenters. The minimum Gasteiger partial charge on any atom is -0.344 e. The quantitative estimate of drug-likeness (QED) is 0.260. The molecule has 0 aliphatic carbocycles. The fraction of sp³-hybridized carbons (Fsp3) is 0. The first-order chi connectivity index (χ1) is 2.00. The SMILES string of the molecule is N.O=P(O)(O)O.[K]. The number of rotatable bonds is 0. The van der Waals surface area contributed by atoms with Gasteiger partial charge in [-0.3, -0.25) is 0 Å². The molecule has 0 spiro atoms. The molecule has 0 saturated carbocycles. The summed E-state index contributed by atoms with van der Waals surface area (Å²) in [4.78, 5) is 21.6. The predicted octanol–water partition coefficient (Wildman–Crippen LogP) is -1.15. The fourth-order valence-corrected chi connectivity index (χ4v) is 0. The van der Waals surface area contributed by atoms with Crippen molar-refractivity contribution >= 4 is 59.2 Å². The summed E-state index contributed by atoms with van der Waals surface area (Å²) in [6, 6.07) is 0. The number of hydrogen-bond donors (Lipinski definition) is 4. The van der Waals surface area contributed by atoms with Gasteiger partial charge in [0.05, 0.1) is 0 Å². The van der Waals surface area contributed by atoms with Crippen molar-refractivity contribution in [1.82, 2.24) is 6.15 Å². The molecule has 7 heavy (non-hydrogen) atoms. The van der Waals surface area contributed by atoms with Gasteiger partial charge in [0.25, 0.3) is 0 Å². The van der Waals surface area contributed by atoms with Gasteiger partial charge >= 0.3 is 7.82 Å². The van der Waals surface area contributed by atoms with Crippen LogP contribution in [0.5, 0.6) is 0 Å². The molecule has 0 bridgehead atoms. The van der Waals surface area contributed by atoms with Gasteiger partial charge in [0, 0.05) is 51.4 Å². The summed E-state index contributed by atoms with van der Waals surface area (Å²) >= 11 is 0. The van der Waals surface area contributed by atoms with Crippen molar-refractivity contribution in [2.75, 3.05) is 0 Å². The minimum absolute atomic E-state index is 0. The Hall–Kier alpha value is 1.71. The zero-order chi connectivity index (χ0) is 4.50. The molecule has 0 fully saturated rings. The van der Waals surface area contributed by atoms with Crippen molar-refractivity contribution in [3.63, 3.8) is 0 Å². The number of hydrogen-bond acceptors (Lipinski definition) is 2. The molecule has 6 N–H and O–H groups in total. The van der Waals surface area contributed by atoms with E-state index in [1.807, 2.05) is 0 Å². The zero-order valence-corrected chi connectivity index (χ0v) is 7.92. The van der Waals surface area contributed by atoms with Crippen LogP contribution in [0, 0.1) is 0 Å². The maximum absolute atomic E-state index is 8.88. The van der Waals surface area contributed by atoms with Crippen molar-refractivity contribution in [2.24, 2.45) is 0 Å². The first-order valence-corrected chi connectivity index (χ1v) is 2.35. The van der Waals surface area contributed by atoms with E-state index in [0.717, 1.165) is 0 Å². The summed E-state index contributed by atoms with van der Waals surface area (Å²) in [5, 5.41) is 0. The van der Waals surface area contributed by atoms with E-state index < -0.39 is 7.82 Å². The Morgan fingerprint density at radius 2 is 1.14 bits per heavy atom. The van der Waals surface area contributed by atoms with E-state index in [0.29, 0.717) is 0 Å². The van der Waals surface area contributed by atoms with Crippen LogP contribution in [0.4, 0.5) is 0 Å². The van der Waals surface area contributed by atoms with Crippen LogP contribution in [0.15, 0.2) is 0 Å². The van der Waals surface area contributed by atoms with Crippen LogP contribution in [-0.2, 0) is 4.57 Å². The molecular formula is H6KNO4P. The molecule has 0 aromatic rings. The Balaban J connectivity index is -0.0000000800. The zero-order valence-electron chi connectivity index (χ0n) is 3.90. The Labute approximate surface area is 83.4 Å². The molecule has 0 aromatic heterocycles. The van der Waals surface area contributed by atoms with Crippen molar-refractivity contribution in [3.8, 4) is 0 Å². The second kappa shape index (κ2) is 5.84. The molecule has 1 radical (unpaired) electrons. The first kappa shape index (κ1) is 15.9. The summed E-state index contributed by atoms with van der Waals surface area (Å²) in [5.74, 6) is 0. The van der Waals surface area contributed by atoms with E-state index in [-0.39, 0.29) is 57.5 Å². The molecule has 0 rings (SSSR count). The number of phosphoric acid groups is 1. The van der Waals surface area contributed by atoms with Crippen LogP contribution in [-0.4, -0.2) is 66.1 Å². The summed E-state index contributed by atoms with van der Waals surface area (Å²) in [5.41, 5.74) is 0. The molecule has 0 aliphatic rings. The summed E-state index contributed by atoms with van der Waals surface area (Å²) in [7, 11) is -4.64. The molecule has 7 heteroatoms. The second-order valence-electron chi connectivity index (χ2n) is 0.513. The normalized spacial score (nSPS) is 8.43. The van der Waals surface area contributed by atoms with Crippen molar-refractivity contribution < 1.29 is 19.2 Å². The molecular weight excluding hydrogens is 148 g/mol. The van der Waals surface area contributed by atoms with Gasteiger partial charge in [-0.2, -0.15) is 0 Å². The third-order valence-electron chi connectivity index (χ3n) is 0. The predicted molar refractivity (Wildman–Crippen MR) is 25.0 cm³/mol. The smallest absolute Gasteiger partial charge is 0.344 e. The van der Waals surface area contributed by atoms with E-state index in [1.54, 1.807) is 0 Å². The third kappa shape index (κ3) is 86.2. The van der Waals surface area contributed by atoms with Crippen LogP contribution in [0.1, 0.15) is 0 Å². The first-order valence-electron chi connectivity index (χ1n) is 0.783. The van der Waals surface area contributed by atoms with Crippen molar-refractivity contribution in [3.05, 3.63) is 0 Å². The van der Waals surface area contributed by atoms with Crippen LogP contribution in [0.3, 0.4) is 0 Å². The molecule has 41 valence electrons.